The molecule has 0 saturated heterocycles. The van der Waals surface area contributed by atoms with E-state index in [0.717, 1.165) is 17.0 Å². The van der Waals surface area contributed by atoms with Crippen LogP contribution in [0.3, 0.4) is 0 Å². The van der Waals surface area contributed by atoms with E-state index in [1.807, 2.05) is 19.9 Å². The molecule has 3 N–H and O–H groups in total. The number of aromatic nitrogens is 1. The predicted octanol–water partition coefficient (Wildman–Crippen LogP) is 1.58. The van der Waals surface area contributed by atoms with E-state index in [9.17, 15) is 0 Å². The average Bonchev–Trinajstić information content (AvgIpc) is 2.58. The summed E-state index contributed by atoms with van der Waals surface area (Å²) < 4.78 is 4.90. The van der Waals surface area contributed by atoms with E-state index in [0.29, 0.717) is 19.0 Å². The molecular formula is C10H17IN4O. The van der Waals surface area contributed by atoms with Gasteiger partial charge in [0.15, 0.2) is 5.96 Å². The fourth-order valence-corrected chi connectivity index (χ4v) is 0.956. The summed E-state index contributed by atoms with van der Waals surface area (Å²) in [4.78, 5) is 4.10. The molecular weight excluding hydrogens is 319 g/mol. The molecule has 0 atom stereocenters. The molecule has 1 heterocycles. The molecule has 0 spiro atoms. The number of rotatable bonds is 4. The lowest BCUT2D eigenvalue weighted by Gasteiger charge is -2.03. The summed E-state index contributed by atoms with van der Waals surface area (Å²) in [5.74, 6) is 1.16. The van der Waals surface area contributed by atoms with Crippen LogP contribution in [0.4, 0.5) is 0 Å². The summed E-state index contributed by atoms with van der Waals surface area (Å²) in [6.07, 6.45) is 0. The first-order valence-electron chi connectivity index (χ1n) is 4.68. The molecule has 1 aromatic heterocycles. The van der Waals surface area contributed by atoms with E-state index in [1.54, 1.807) is 0 Å². The molecule has 0 unspecified atom stereocenters. The Morgan fingerprint density at radius 1 is 1.69 bits per heavy atom. The first-order chi connectivity index (χ1) is 7.08. The van der Waals surface area contributed by atoms with E-state index in [1.165, 1.54) is 0 Å². The predicted molar refractivity (Wildman–Crippen MR) is 74.8 cm³/mol. The third-order valence-corrected chi connectivity index (χ3v) is 1.66. The zero-order valence-corrected chi connectivity index (χ0v) is 11.8. The van der Waals surface area contributed by atoms with Crippen LogP contribution in [0.15, 0.2) is 27.7 Å². The number of halogens is 1. The van der Waals surface area contributed by atoms with Gasteiger partial charge in [-0.3, -0.25) is 0 Å². The van der Waals surface area contributed by atoms with Gasteiger partial charge in [-0.25, -0.2) is 4.99 Å². The monoisotopic (exact) mass is 336 g/mol. The van der Waals surface area contributed by atoms with Crippen molar-refractivity contribution in [2.45, 2.75) is 20.4 Å². The molecule has 1 aromatic rings. The number of hydrogen-bond acceptors (Lipinski definition) is 3. The first-order valence-corrected chi connectivity index (χ1v) is 4.68. The molecule has 0 fully saturated rings. The van der Waals surface area contributed by atoms with Crippen LogP contribution in [-0.2, 0) is 6.54 Å². The molecule has 5 nitrogen and oxygen atoms in total. The van der Waals surface area contributed by atoms with Gasteiger partial charge in [0, 0.05) is 12.6 Å². The van der Waals surface area contributed by atoms with Crippen LogP contribution in [0.5, 0.6) is 0 Å². The Kier molecular flexibility index (Phi) is 6.78. The SMILES string of the molecule is C=C(C)CNC(N)=NCc1cc(C)on1.I. The number of aliphatic imine (C=N–C) groups is 1. The Morgan fingerprint density at radius 3 is 2.88 bits per heavy atom. The van der Waals surface area contributed by atoms with Crippen LogP contribution in [0.1, 0.15) is 18.4 Å². The number of guanidine groups is 1. The maximum absolute atomic E-state index is 5.62. The molecule has 0 amide bonds. The second-order valence-electron chi connectivity index (χ2n) is 3.44. The van der Waals surface area contributed by atoms with Gasteiger partial charge in [-0.15, -0.1) is 24.0 Å². The second-order valence-corrected chi connectivity index (χ2v) is 3.44. The van der Waals surface area contributed by atoms with E-state index in [4.69, 9.17) is 10.3 Å². The molecule has 0 aliphatic heterocycles. The summed E-state index contributed by atoms with van der Waals surface area (Å²) in [5, 5.41) is 6.73. The summed E-state index contributed by atoms with van der Waals surface area (Å²) in [7, 11) is 0. The van der Waals surface area contributed by atoms with Gasteiger partial charge in [0.2, 0.25) is 0 Å². The summed E-state index contributed by atoms with van der Waals surface area (Å²) >= 11 is 0. The van der Waals surface area contributed by atoms with E-state index < -0.39 is 0 Å². The first kappa shape index (κ1) is 14.9. The molecule has 16 heavy (non-hydrogen) atoms. The molecule has 0 bridgehead atoms. The van der Waals surface area contributed by atoms with Crippen LogP contribution in [-0.4, -0.2) is 17.7 Å². The van der Waals surface area contributed by atoms with Gasteiger partial charge >= 0.3 is 0 Å². The highest BCUT2D eigenvalue weighted by molar-refractivity contribution is 14.0. The van der Waals surface area contributed by atoms with Crippen molar-refractivity contribution in [2.24, 2.45) is 10.7 Å². The number of aryl methyl sites for hydroxylation is 1. The zero-order valence-electron chi connectivity index (χ0n) is 9.49. The minimum Gasteiger partial charge on any atom is -0.370 e. The van der Waals surface area contributed by atoms with Crippen molar-refractivity contribution in [1.82, 2.24) is 10.5 Å². The van der Waals surface area contributed by atoms with Gasteiger partial charge in [-0.1, -0.05) is 17.3 Å². The molecule has 0 radical (unpaired) electrons. The standard InChI is InChI=1S/C10H16N4O.HI/c1-7(2)5-12-10(11)13-6-9-4-8(3)15-14-9;/h4H,1,5-6H2,2-3H3,(H3,11,12,13);1H. The average molecular weight is 336 g/mol. The highest BCUT2D eigenvalue weighted by Gasteiger charge is 1.98. The smallest absolute Gasteiger partial charge is 0.189 e. The zero-order chi connectivity index (χ0) is 11.3. The fraction of sp³-hybridized carbons (Fsp3) is 0.400. The normalized spacial score (nSPS) is 10.8. The minimum absolute atomic E-state index is 0. The third kappa shape index (κ3) is 5.74. The Hall–Kier alpha value is -1.05. The van der Waals surface area contributed by atoms with Crippen molar-refractivity contribution in [3.8, 4) is 0 Å². The number of nitrogens with zero attached hydrogens (tertiary/aromatic N) is 2. The summed E-state index contributed by atoms with van der Waals surface area (Å²) in [5.41, 5.74) is 7.39. The van der Waals surface area contributed by atoms with Crippen molar-refractivity contribution in [2.75, 3.05) is 6.54 Å². The van der Waals surface area contributed by atoms with Crippen molar-refractivity contribution in [1.29, 1.82) is 0 Å². The largest absolute Gasteiger partial charge is 0.370 e. The lowest BCUT2D eigenvalue weighted by Crippen LogP contribution is -2.32. The lowest BCUT2D eigenvalue weighted by molar-refractivity contribution is 0.391. The Bertz CT molecular complexity index is 373. The Balaban J connectivity index is 0.00000225. The number of hydrogen-bond donors (Lipinski definition) is 2. The van der Waals surface area contributed by atoms with Crippen LogP contribution in [0, 0.1) is 6.92 Å². The lowest BCUT2D eigenvalue weighted by atomic mass is 10.3. The topological polar surface area (TPSA) is 76.4 Å². The van der Waals surface area contributed by atoms with Gasteiger partial charge in [-0.05, 0) is 13.8 Å². The summed E-state index contributed by atoms with van der Waals surface area (Å²) in [6.45, 7) is 8.56. The quantitative estimate of drug-likeness (QED) is 0.379. The highest BCUT2D eigenvalue weighted by atomic mass is 127. The van der Waals surface area contributed by atoms with Gasteiger partial charge in [0.1, 0.15) is 11.5 Å². The van der Waals surface area contributed by atoms with E-state index in [2.05, 4.69) is 22.0 Å². The maximum Gasteiger partial charge on any atom is 0.189 e. The molecule has 0 saturated carbocycles. The molecule has 0 aliphatic carbocycles. The van der Waals surface area contributed by atoms with E-state index >= 15 is 0 Å². The van der Waals surface area contributed by atoms with Gasteiger partial charge < -0.3 is 15.6 Å². The minimum atomic E-state index is 0. The van der Waals surface area contributed by atoms with Crippen molar-refractivity contribution < 1.29 is 4.52 Å². The highest BCUT2D eigenvalue weighted by Crippen LogP contribution is 2.02. The van der Waals surface area contributed by atoms with Crippen LogP contribution < -0.4 is 11.1 Å². The van der Waals surface area contributed by atoms with Gasteiger partial charge in [0.05, 0.1) is 6.54 Å². The fourth-order valence-electron chi connectivity index (χ4n) is 0.956. The van der Waals surface area contributed by atoms with E-state index in [-0.39, 0.29) is 24.0 Å². The third-order valence-electron chi connectivity index (χ3n) is 1.66. The molecule has 6 heteroatoms. The maximum atomic E-state index is 5.62. The van der Waals surface area contributed by atoms with Gasteiger partial charge in [-0.2, -0.15) is 0 Å². The summed E-state index contributed by atoms with van der Waals surface area (Å²) in [6, 6.07) is 1.83. The molecule has 0 aromatic carbocycles. The molecule has 1 rings (SSSR count). The van der Waals surface area contributed by atoms with Crippen LogP contribution >= 0.6 is 24.0 Å². The molecule has 90 valence electrons. The Labute approximate surface area is 112 Å². The number of nitrogens with one attached hydrogen (secondary N) is 1. The van der Waals surface area contributed by atoms with Gasteiger partial charge in [0.25, 0.3) is 0 Å². The Morgan fingerprint density at radius 2 is 2.38 bits per heavy atom. The number of nitrogens with two attached hydrogens (primary N) is 1. The second kappa shape index (κ2) is 7.26. The molecule has 0 aliphatic rings. The van der Waals surface area contributed by atoms with Crippen molar-refractivity contribution in [3.63, 3.8) is 0 Å². The van der Waals surface area contributed by atoms with Crippen molar-refractivity contribution >= 4 is 29.9 Å². The van der Waals surface area contributed by atoms with Crippen molar-refractivity contribution in [3.05, 3.63) is 29.7 Å². The van der Waals surface area contributed by atoms with Crippen LogP contribution in [0.2, 0.25) is 0 Å². The van der Waals surface area contributed by atoms with Crippen LogP contribution in [0.25, 0.3) is 0 Å².